The highest BCUT2D eigenvalue weighted by atomic mass is 16.5. The van der Waals surface area contributed by atoms with Crippen molar-refractivity contribution in [1.82, 2.24) is 15.1 Å². The molecule has 0 bridgehead atoms. The summed E-state index contributed by atoms with van der Waals surface area (Å²) in [6, 6.07) is 0. The van der Waals surface area contributed by atoms with Crippen LogP contribution in [0, 0.1) is 5.92 Å². The van der Waals surface area contributed by atoms with Crippen molar-refractivity contribution >= 4 is 5.91 Å². The summed E-state index contributed by atoms with van der Waals surface area (Å²) in [5.74, 6) is 0.981. The average molecular weight is 269 g/mol. The summed E-state index contributed by atoms with van der Waals surface area (Å²) >= 11 is 0. The minimum atomic E-state index is 0.174. The van der Waals surface area contributed by atoms with Crippen LogP contribution < -0.4 is 5.32 Å². The van der Waals surface area contributed by atoms with Gasteiger partial charge in [0.15, 0.2) is 0 Å². The molecule has 0 spiro atoms. The first-order valence-electron chi connectivity index (χ1n) is 7.44. The Labute approximate surface area is 116 Å². The van der Waals surface area contributed by atoms with Crippen molar-refractivity contribution in [2.24, 2.45) is 5.92 Å². The first-order valence-corrected chi connectivity index (χ1v) is 7.44. The predicted octanol–water partition coefficient (Wildman–Crippen LogP) is 0.165. The lowest BCUT2D eigenvalue weighted by Crippen LogP contribution is -2.48. The Bertz CT molecular complexity index is 292. The first-order chi connectivity index (χ1) is 9.15. The van der Waals surface area contributed by atoms with Gasteiger partial charge >= 0.3 is 0 Å². The van der Waals surface area contributed by atoms with Crippen molar-refractivity contribution in [3.8, 4) is 0 Å². The SMILES string of the molecule is CC1CN(C(=O)CN(C)CC2CCNCC2)CCO1. The Morgan fingerprint density at radius 3 is 2.84 bits per heavy atom. The minimum Gasteiger partial charge on any atom is -0.375 e. The fourth-order valence-electron chi connectivity index (χ4n) is 2.95. The molecule has 5 heteroatoms. The quantitative estimate of drug-likeness (QED) is 0.790. The highest BCUT2D eigenvalue weighted by Gasteiger charge is 2.23. The summed E-state index contributed by atoms with van der Waals surface area (Å²) in [7, 11) is 2.06. The third-order valence-electron chi connectivity index (χ3n) is 4.03. The van der Waals surface area contributed by atoms with Crippen molar-refractivity contribution in [2.75, 3.05) is 52.9 Å². The van der Waals surface area contributed by atoms with Crippen molar-refractivity contribution in [3.05, 3.63) is 0 Å². The largest absolute Gasteiger partial charge is 0.375 e. The van der Waals surface area contributed by atoms with Gasteiger partial charge in [0.05, 0.1) is 19.3 Å². The maximum absolute atomic E-state index is 12.2. The van der Waals surface area contributed by atoms with Crippen molar-refractivity contribution in [3.63, 3.8) is 0 Å². The topological polar surface area (TPSA) is 44.8 Å². The number of rotatable bonds is 4. The van der Waals surface area contributed by atoms with E-state index in [1.165, 1.54) is 12.8 Å². The van der Waals surface area contributed by atoms with E-state index in [-0.39, 0.29) is 12.0 Å². The maximum atomic E-state index is 12.2. The third-order valence-corrected chi connectivity index (χ3v) is 4.03. The Balaban J connectivity index is 1.71. The van der Waals surface area contributed by atoms with Gasteiger partial charge in [0.1, 0.15) is 0 Å². The third kappa shape index (κ3) is 4.75. The van der Waals surface area contributed by atoms with Crippen LogP contribution in [0.15, 0.2) is 0 Å². The molecule has 2 saturated heterocycles. The molecule has 0 radical (unpaired) electrons. The van der Waals surface area contributed by atoms with Crippen LogP contribution in [0.2, 0.25) is 0 Å². The molecule has 0 aromatic heterocycles. The van der Waals surface area contributed by atoms with Gasteiger partial charge in [-0.15, -0.1) is 0 Å². The molecule has 0 aliphatic carbocycles. The van der Waals surface area contributed by atoms with E-state index < -0.39 is 0 Å². The number of morpholine rings is 1. The van der Waals surface area contributed by atoms with Gasteiger partial charge in [0.2, 0.25) is 5.91 Å². The molecule has 0 aromatic rings. The Morgan fingerprint density at radius 2 is 2.16 bits per heavy atom. The molecule has 2 heterocycles. The predicted molar refractivity (Wildman–Crippen MR) is 75.1 cm³/mol. The summed E-state index contributed by atoms with van der Waals surface area (Å²) in [5, 5.41) is 3.38. The molecule has 2 aliphatic heterocycles. The molecule has 1 amide bonds. The normalized spacial score (nSPS) is 25.8. The van der Waals surface area contributed by atoms with Crippen LogP contribution in [0.25, 0.3) is 0 Å². The van der Waals surface area contributed by atoms with Crippen LogP contribution in [-0.2, 0) is 9.53 Å². The zero-order chi connectivity index (χ0) is 13.7. The fraction of sp³-hybridized carbons (Fsp3) is 0.929. The number of piperidine rings is 1. The van der Waals surface area contributed by atoms with Crippen molar-refractivity contribution < 1.29 is 9.53 Å². The van der Waals surface area contributed by atoms with E-state index in [4.69, 9.17) is 4.74 Å². The van der Waals surface area contributed by atoms with E-state index in [2.05, 4.69) is 17.3 Å². The van der Waals surface area contributed by atoms with Crippen LogP contribution in [0.5, 0.6) is 0 Å². The van der Waals surface area contributed by atoms with E-state index in [0.29, 0.717) is 13.2 Å². The minimum absolute atomic E-state index is 0.174. The highest BCUT2D eigenvalue weighted by molar-refractivity contribution is 5.78. The molecular formula is C14H27N3O2. The lowest BCUT2D eigenvalue weighted by Gasteiger charge is -2.33. The summed E-state index contributed by atoms with van der Waals surface area (Å²) in [5.41, 5.74) is 0. The smallest absolute Gasteiger partial charge is 0.236 e. The van der Waals surface area contributed by atoms with Gasteiger partial charge in [-0.1, -0.05) is 0 Å². The molecule has 2 aliphatic rings. The van der Waals surface area contributed by atoms with E-state index in [1.807, 2.05) is 11.8 Å². The molecule has 19 heavy (non-hydrogen) atoms. The fourth-order valence-corrected chi connectivity index (χ4v) is 2.95. The lowest BCUT2D eigenvalue weighted by molar-refractivity contribution is -0.139. The van der Waals surface area contributed by atoms with Crippen molar-refractivity contribution in [1.29, 1.82) is 0 Å². The molecule has 1 unspecified atom stereocenters. The van der Waals surface area contributed by atoms with Gasteiger partial charge in [0.25, 0.3) is 0 Å². The second-order valence-corrected chi connectivity index (χ2v) is 5.91. The number of ether oxygens (including phenoxy) is 1. The summed E-state index contributed by atoms with van der Waals surface area (Å²) in [6.45, 7) is 7.98. The Kier molecular flexibility index (Phi) is 5.60. The van der Waals surface area contributed by atoms with E-state index in [0.717, 1.165) is 38.6 Å². The van der Waals surface area contributed by atoms with Gasteiger partial charge in [-0.25, -0.2) is 0 Å². The molecule has 2 fully saturated rings. The van der Waals surface area contributed by atoms with Gasteiger partial charge in [0, 0.05) is 19.6 Å². The number of hydrogen-bond donors (Lipinski definition) is 1. The number of amides is 1. The van der Waals surface area contributed by atoms with E-state index in [1.54, 1.807) is 0 Å². The molecular weight excluding hydrogens is 242 g/mol. The van der Waals surface area contributed by atoms with Crippen LogP contribution in [0.3, 0.4) is 0 Å². The molecule has 2 rings (SSSR count). The van der Waals surface area contributed by atoms with Gasteiger partial charge < -0.3 is 15.0 Å². The van der Waals surface area contributed by atoms with Gasteiger partial charge in [-0.3, -0.25) is 9.69 Å². The van der Waals surface area contributed by atoms with Crippen LogP contribution in [-0.4, -0.2) is 74.7 Å². The molecule has 1 atom stereocenters. The second kappa shape index (κ2) is 7.22. The number of hydrogen-bond acceptors (Lipinski definition) is 4. The maximum Gasteiger partial charge on any atom is 0.236 e. The summed E-state index contributed by atoms with van der Waals surface area (Å²) < 4.78 is 5.47. The van der Waals surface area contributed by atoms with E-state index in [9.17, 15) is 4.79 Å². The lowest BCUT2D eigenvalue weighted by atomic mass is 9.98. The number of nitrogens with one attached hydrogen (secondary N) is 1. The molecule has 110 valence electrons. The number of likely N-dealkylation sites (N-methyl/N-ethyl adjacent to an activating group) is 1. The number of carbonyl (C=O) groups is 1. The standard InChI is InChI=1S/C14H27N3O2/c1-12-9-17(7-8-19-12)14(18)11-16(2)10-13-3-5-15-6-4-13/h12-13,15H,3-11H2,1-2H3. The zero-order valence-electron chi connectivity index (χ0n) is 12.2. The number of carbonyl (C=O) groups excluding carboxylic acids is 1. The average Bonchev–Trinajstić information content (AvgIpc) is 2.39. The Hall–Kier alpha value is -0.650. The Morgan fingerprint density at radius 1 is 1.42 bits per heavy atom. The van der Waals surface area contributed by atoms with Crippen molar-refractivity contribution in [2.45, 2.75) is 25.9 Å². The molecule has 5 nitrogen and oxygen atoms in total. The van der Waals surface area contributed by atoms with Crippen LogP contribution in [0.1, 0.15) is 19.8 Å². The molecule has 1 N–H and O–H groups in total. The van der Waals surface area contributed by atoms with Gasteiger partial charge in [-0.2, -0.15) is 0 Å². The van der Waals surface area contributed by atoms with Crippen LogP contribution in [0.4, 0.5) is 0 Å². The number of nitrogens with zero attached hydrogens (tertiary/aromatic N) is 2. The monoisotopic (exact) mass is 269 g/mol. The van der Waals surface area contributed by atoms with Crippen LogP contribution >= 0.6 is 0 Å². The summed E-state index contributed by atoms with van der Waals surface area (Å²) in [6.07, 6.45) is 2.63. The van der Waals surface area contributed by atoms with E-state index >= 15 is 0 Å². The summed E-state index contributed by atoms with van der Waals surface area (Å²) in [4.78, 5) is 16.3. The first kappa shape index (κ1) is 14.8. The molecule has 0 saturated carbocycles. The second-order valence-electron chi connectivity index (χ2n) is 5.91. The van der Waals surface area contributed by atoms with Gasteiger partial charge in [-0.05, 0) is 45.8 Å². The zero-order valence-corrected chi connectivity index (χ0v) is 12.2. The highest BCUT2D eigenvalue weighted by Crippen LogP contribution is 2.13. The molecule has 0 aromatic carbocycles.